The Morgan fingerprint density at radius 1 is 0.974 bits per heavy atom. The number of anilines is 3. The highest BCUT2D eigenvalue weighted by Crippen LogP contribution is 2.23. The van der Waals surface area contributed by atoms with Crippen LogP contribution in [-0.2, 0) is 6.54 Å². The summed E-state index contributed by atoms with van der Waals surface area (Å²) < 4.78 is 3.24. The Labute approximate surface area is 225 Å². The first-order valence-corrected chi connectivity index (χ1v) is 12.7. The maximum Gasteiger partial charge on any atom is 0.278 e. The van der Waals surface area contributed by atoms with Gasteiger partial charge in [-0.3, -0.25) is 14.8 Å². The van der Waals surface area contributed by atoms with E-state index < -0.39 is 0 Å². The molecule has 0 amide bonds. The van der Waals surface area contributed by atoms with Crippen LogP contribution < -0.4 is 15.8 Å². The molecule has 0 spiro atoms. The van der Waals surface area contributed by atoms with E-state index in [0.29, 0.717) is 28.5 Å². The predicted molar refractivity (Wildman–Crippen MR) is 152 cm³/mol. The van der Waals surface area contributed by atoms with Gasteiger partial charge in [-0.05, 0) is 43.4 Å². The highest BCUT2D eigenvalue weighted by atomic mass is 16.1. The van der Waals surface area contributed by atoms with Crippen LogP contribution in [0.1, 0.15) is 0 Å². The molecular formula is C28H28N10O. The zero-order chi connectivity index (χ0) is 26.8. The minimum Gasteiger partial charge on any atom is -0.369 e. The van der Waals surface area contributed by atoms with Crippen LogP contribution in [0, 0.1) is 0 Å². The number of nitrogens with zero attached hydrogens (tertiary/aromatic N) is 9. The second-order valence-corrected chi connectivity index (χ2v) is 9.37. The Kier molecular flexibility index (Phi) is 6.55. The van der Waals surface area contributed by atoms with E-state index in [0.717, 1.165) is 37.4 Å². The first-order chi connectivity index (χ1) is 19.1. The summed E-state index contributed by atoms with van der Waals surface area (Å²) >= 11 is 0. The van der Waals surface area contributed by atoms with Crippen LogP contribution in [0.5, 0.6) is 0 Å². The second-order valence-electron chi connectivity index (χ2n) is 9.37. The molecule has 4 aromatic heterocycles. The van der Waals surface area contributed by atoms with E-state index in [-0.39, 0.29) is 12.1 Å². The third-order valence-electron chi connectivity index (χ3n) is 6.79. The van der Waals surface area contributed by atoms with Gasteiger partial charge in [0, 0.05) is 67.9 Å². The zero-order valence-corrected chi connectivity index (χ0v) is 21.6. The lowest BCUT2D eigenvalue weighted by Crippen LogP contribution is -2.44. The van der Waals surface area contributed by atoms with Crippen molar-refractivity contribution < 1.29 is 0 Å². The van der Waals surface area contributed by atoms with E-state index in [9.17, 15) is 4.79 Å². The maximum absolute atomic E-state index is 13.3. The van der Waals surface area contributed by atoms with Crippen molar-refractivity contribution in [1.29, 1.82) is 0 Å². The number of hydrogen-bond donors (Lipinski definition) is 1. The van der Waals surface area contributed by atoms with Gasteiger partial charge < -0.3 is 15.1 Å². The van der Waals surface area contributed by atoms with Crippen molar-refractivity contribution in [1.82, 2.24) is 39.2 Å². The number of likely N-dealkylation sites (N-methyl/N-ethyl adjacent to an activating group) is 1. The monoisotopic (exact) mass is 520 g/mol. The number of piperazine rings is 1. The molecule has 11 heteroatoms. The quantitative estimate of drug-likeness (QED) is 0.324. The van der Waals surface area contributed by atoms with E-state index >= 15 is 0 Å². The van der Waals surface area contributed by atoms with Gasteiger partial charge in [0.05, 0.1) is 18.4 Å². The van der Waals surface area contributed by atoms with Crippen LogP contribution >= 0.6 is 0 Å². The van der Waals surface area contributed by atoms with Gasteiger partial charge in [-0.25, -0.2) is 19.3 Å². The van der Waals surface area contributed by atoms with Gasteiger partial charge in [0.25, 0.3) is 5.56 Å². The molecule has 1 aliphatic heterocycles. The van der Waals surface area contributed by atoms with Crippen molar-refractivity contribution in [3.8, 4) is 17.1 Å². The summed E-state index contributed by atoms with van der Waals surface area (Å²) in [4.78, 5) is 40.3. The standard InChI is InChI=1S/C28H28N10O/c1-3-12-37-27(39)23-18-32-28(33-21-4-6-22(7-5-21)36-15-13-35(2)14-16-36)34-26(23)38(37)25-17-20(8-9-31-25)24-19-29-10-11-30-24/h3-11,17-19H,1,12-16H2,2H3,(H,32,33,34). The fourth-order valence-corrected chi connectivity index (χ4v) is 4.70. The lowest BCUT2D eigenvalue weighted by Gasteiger charge is -2.34. The largest absolute Gasteiger partial charge is 0.369 e. The maximum atomic E-state index is 13.3. The van der Waals surface area contributed by atoms with Gasteiger partial charge in [0.15, 0.2) is 11.5 Å². The molecule has 1 aromatic carbocycles. The number of nitrogens with one attached hydrogen (secondary N) is 1. The SMILES string of the molecule is C=CCn1c(=O)c2cnc(Nc3ccc(N4CCN(C)CC4)cc3)nc2n1-c1cc(-c2cnccn2)ccn1. The van der Waals surface area contributed by atoms with E-state index in [4.69, 9.17) is 4.98 Å². The highest BCUT2D eigenvalue weighted by molar-refractivity contribution is 5.77. The van der Waals surface area contributed by atoms with Gasteiger partial charge in [0.1, 0.15) is 5.39 Å². The van der Waals surface area contributed by atoms with Gasteiger partial charge >= 0.3 is 0 Å². The van der Waals surface area contributed by atoms with Crippen molar-refractivity contribution in [2.45, 2.75) is 6.54 Å². The fraction of sp³-hybridized carbons (Fsp3) is 0.214. The van der Waals surface area contributed by atoms with Crippen LogP contribution in [-0.4, -0.2) is 72.4 Å². The molecule has 5 heterocycles. The van der Waals surface area contributed by atoms with Crippen molar-refractivity contribution in [2.24, 2.45) is 0 Å². The molecule has 6 rings (SSSR count). The summed E-state index contributed by atoms with van der Waals surface area (Å²) in [6.45, 7) is 8.22. The molecule has 196 valence electrons. The summed E-state index contributed by atoms with van der Waals surface area (Å²) in [5.41, 5.74) is 3.79. The molecule has 11 nitrogen and oxygen atoms in total. The number of fused-ring (bicyclic) bond motifs is 1. The van der Waals surface area contributed by atoms with Crippen LogP contribution in [0.25, 0.3) is 28.1 Å². The minimum atomic E-state index is -0.223. The third kappa shape index (κ3) is 4.87. The number of pyridine rings is 1. The van der Waals surface area contributed by atoms with Crippen molar-refractivity contribution in [3.63, 3.8) is 0 Å². The summed E-state index contributed by atoms with van der Waals surface area (Å²) in [7, 11) is 2.15. The van der Waals surface area contributed by atoms with Crippen molar-refractivity contribution in [2.75, 3.05) is 43.4 Å². The smallest absolute Gasteiger partial charge is 0.278 e. The Morgan fingerprint density at radius 3 is 2.54 bits per heavy atom. The lowest BCUT2D eigenvalue weighted by atomic mass is 10.2. The fourth-order valence-electron chi connectivity index (χ4n) is 4.70. The lowest BCUT2D eigenvalue weighted by molar-refractivity contribution is 0.313. The summed E-state index contributed by atoms with van der Waals surface area (Å²) in [5, 5.41) is 3.67. The number of aromatic nitrogens is 7. The molecule has 1 saturated heterocycles. The zero-order valence-electron chi connectivity index (χ0n) is 21.6. The molecular weight excluding hydrogens is 492 g/mol. The van der Waals surface area contributed by atoms with Gasteiger partial charge in [-0.2, -0.15) is 4.98 Å². The summed E-state index contributed by atoms with van der Waals surface area (Å²) in [6, 6.07) is 11.9. The average Bonchev–Trinajstić information content (AvgIpc) is 3.25. The summed E-state index contributed by atoms with van der Waals surface area (Å²) in [5.74, 6) is 0.901. The van der Waals surface area contributed by atoms with E-state index in [1.807, 2.05) is 24.3 Å². The molecule has 0 saturated carbocycles. The minimum absolute atomic E-state index is 0.223. The van der Waals surface area contributed by atoms with Crippen LogP contribution in [0.4, 0.5) is 17.3 Å². The topological polar surface area (TPSA) is 110 Å². The first-order valence-electron chi connectivity index (χ1n) is 12.7. The Morgan fingerprint density at radius 2 is 1.79 bits per heavy atom. The third-order valence-corrected chi connectivity index (χ3v) is 6.79. The Hall–Kier alpha value is -4.90. The highest BCUT2D eigenvalue weighted by Gasteiger charge is 2.19. The van der Waals surface area contributed by atoms with Crippen molar-refractivity contribution in [3.05, 3.63) is 90.4 Å². The molecule has 1 fully saturated rings. The first kappa shape index (κ1) is 24.4. The van der Waals surface area contributed by atoms with Crippen LogP contribution in [0.3, 0.4) is 0 Å². The number of rotatable bonds is 7. The Bertz CT molecular complexity index is 1670. The van der Waals surface area contributed by atoms with Crippen LogP contribution in [0.15, 0.2) is 84.8 Å². The summed E-state index contributed by atoms with van der Waals surface area (Å²) in [6.07, 6.45) is 9.83. The molecule has 0 unspecified atom stereocenters. The van der Waals surface area contributed by atoms with E-state index in [2.05, 4.69) is 60.8 Å². The number of allylic oxidation sites excluding steroid dienone is 1. The molecule has 39 heavy (non-hydrogen) atoms. The van der Waals surface area contributed by atoms with E-state index in [1.165, 1.54) is 5.69 Å². The Balaban J connectivity index is 1.35. The van der Waals surface area contributed by atoms with E-state index in [1.54, 1.807) is 46.4 Å². The van der Waals surface area contributed by atoms with Gasteiger partial charge in [0.2, 0.25) is 5.95 Å². The molecule has 5 aromatic rings. The number of hydrogen-bond acceptors (Lipinski definition) is 9. The van der Waals surface area contributed by atoms with Gasteiger partial charge in [-0.15, -0.1) is 6.58 Å². The molecule has 1 N–H and O–H groups in total. The molecule has 0 bridgehead atoms. The molecule has 1 aliphatic rings. The van der Waals surface area contributed by atoms with Crippen molar-refractivity contribution >= 4 is 28.4 Å². The molecule has 0 radical (unpaired) electrons. The normalized spacial score (nSPS) is 14.0. The second kappa shape index (κ2) is 10.5. The molecule has 0 aliphatic carbocycles. The number of benzene rings is 1. The predicted octanol–water partition coefficient (Wildman–Crippen LogP) is 3.12. The molecule has 0 atom stereocenters. The average molecular weight is 521 g/mol. The van der Waals surface area contributed by atoms with Crippen LogP contribution in [0.2, 0.25) is 0 Å². The van der Waals surface area contributed by atoms with Gasteiger partial charge in [-0.1, -0.05) is 6.08 Å².